The number of aliphatic hydroxyl groups excluding tert-OH is 3. The molecule has 1 aromatic rings. The summed E-state index contributed by atoms with van der Waals surface area (Å²) in [5.41, 5.74) is 1.20. The van der Waals surface area contributed by atoms with E-state index in [1.165, 1.54) is 26.7 Å². The fourth-order valence-corrected chi connectivity index (χ4v) is 4.34. The third-order valence-corrected chi connectivity index (χ3v) is 6.62. The van der Waals surface area contributed by atoms with Gasteiger partial charge in [0.15, 0.2) is 6.29 Å². The van der Waals surface area contributed by atoms with Crippen LogP contribution in [0.4, 0.5) is 0 Å². The summed E-state index contributed by atoms with van der Waals surface area (Å²) >= 11 is 0. The van der Waals surface area contributed by atoms with E-state index in [4.69, 9.17) is 9.47 Å². The number of hydrogen-bond acceptors (Lipinski definition) is 9. The van der Waals surface area contributed by atoms with Gasteiger partial charge in [-0.15, -0.1) is 0 Å². The molecule has 4 N–H and O–H groups in total. The first-order valence-electron chi connectivity index (χ1n) is 13.1. The van der Waals surface area contributed by atoms with Crippen LogP contribution >= 0.6 is 0 Å². The molecule has 6 atom stereocenters. The van der Waals surface area contributed by atoms with Crippen molar-refractivity contribution in [2.24, 2.45) is 0 Å². The van der Waals surface area contributed by atoms with Gasteiger partial charge in [-0.05, 0) is 44.6 Å². The Bertz CT molecular complexity index is 867. The summed E-state index contributed by atoms with van der Waals surface area (Å²) in [5, 5.41) is 33.3. The minimum Gasteiger partial charge on any atom is -0.467 e. The molecule has 2 amide bonds. The van der Waals surface area contributed by atoms with Crippen molar-refractivity contribution in [3.63, 3.8) is 0 Å². The van der Waals surface area contributed by atoms with Gasteiger partial charge in [-0.2, -0.15) is 0 Å². The highest BCUT2D eigenvalue weighted by molar-refractivity contribution is 5.84. The Morgan fingerprint density at radius 3 is 2.32 bits per heavy atom. The van der Waals surface area contributed by atoms with E-state index >= 15 is 0 Å². The third kappa shape index (κ3) is 9.95. The zero-order valence-corrected chi connectivity index (χ0v) is 22.5. The van der Waals surface area contributed by atoms with Crippen molar-refractivity contribution in [3.05, 3.63) is 35.9 Å². The lowest BCUT2D eigenvalue weighted by atomic mass is 9.98. The van der Waals surface area contributed by atoms with Crippen LogP contribution in [0.3, 0.4) is 0 Å². The van der Waals surface area contributed by atoms with Crippen molar-refractivity contribution in [3.8, 4) is 0 Å². The molecule has 1 aromatic carbocycles. The number of aryl methyl sites for hydroxylation is 1. The maximum atomic E-state index is 13.1. The lowest BCUT2D eigenvalue weighted by Crippen LogP contribution is -2.60. The Morgan fingerprint density at radius 1 is 0.974 bits per heavy atom. The standard InChI is InChI=1S/C27H42N2O9/c1-18(26(35)36-2)28-21(30)14-7-8-15-22(31)29(16-10-9-13-19-11-5-4-6-12-19)17-20-23(32)24(33)25(34)27(37-3)38-20/h4-6,11-12,18,20,23-25,27,32-34H,7-10,13-17H2,1-3H3,(H,28,30)/t18-,20+,23+,24-,25+,27-/m0/s1. The zero-order chi connectivity index (χ0) is 28.1. The molecule has 1 aliphatic heterocycles. The van der Waals surface area contributed by atoms with Crippen LogP contribution in [-0.2, 0) is 35.0 Å². The molecule has 2 rings (SSSR count). The van der Waals surface area contributed by atoms with Crippen LogP contribution in [0.2, 0.25) is 0 Å². The largest absolute Gasteiger partial charge is 0.467 e. The molecule has 11 heteroatoms. The highest BCUT2D eigenvalue weighted by Crippen LogP contribution is 2.23. The van der Waals surface area contributed by atoms with Gasteiger partial charge in [0.05, 0.1) is 7.11 Å². The molecule has 1 aliphatic rings. The smallest absolute Gasteiger partial charge is 0.328 e. The van der Waals surface area contributed by atoms with Crippen molar-refractivity contribution in [2.75, 3.05) is 27.3 Å². The number of ether oxygens (including phenoxy) is 3. The van der Waals surface area contributed by atoms with Crippen LogP contribution in [-0.4, -0.2) is 102 Å². The van der Waals surface area contributed by atoms with Gasteiger partial charge in [0, 0.05) is 33.0 Å². The molecule has 1 saturated heterocycles. The molecular weight excluding hydrogens is 496 g/mol. The van der Waals surface area contributed by atoms with Crippen LogP contribution in [0.1, 0.15) is 51.0 Å². The number of rotatable bonds is 15. The lowest BCUT2D eigenvalue weighted by molar-refractivity contribution is -0.291. The molecule has 0 bridgehead atoms. The van der Waals surface area contributed by atoms with Crippen molar-refractivity contribution in [2.45, 2.75) is 88.6 Å². The Morgan fingerprint density at radius 2 is 1.66 bits per heavy atom. The Kier molecular flexibility index (Phi) is 13.7. The Hall–Kier alpha value is -2.57. The normalized spacial score (nSPS) is 23.9. The van der Waals surface area contributed by atoms with Gasteiger partial charge in [0.25, 0.3) is 0 Å². The molecule has 0 aliphatic carbocycles. The number of esters is 1. The predicted octanol–water partition coefficient (Wildman–Crippen LogP) is 0.530. The average molecular weight is 539 g/mol. The number of methoxy groups -OCH3 is 2. The van der Waals surface area contributed by atoms with E-state index in [9.17, 15) is 29.7 Å². The van der Waals surface area contributed by atoms with Crippen molar-refractivity contribution < 1.29 is 43.9 Å². The fourth-order valence-electron chi connectivity index (χ4n) is 4.34. The number of benzene rings is 1. The van der Waals surface area contributed by atoms with Gasteiger partial charge < -0.3 is 39.7 Å². The van der Waals surface area contributed by atoms with Gasteiger partial charge in [-0.1, -0.05) is 30.3 Å². The first kappa shape index (κ1) is 31.6. The molecule has 214 valence electrons. The maximum absolute atomic E-state index is 13.1. The minimum absolute atomic E-state index is 0.0199. The van der Waals surface area contributed by atoms with Crippen LogP contribution in [0, 0.1) is 0 Å². The van der Waals surface area contributed by atoms with E-state index in [-0.39, 0.29) is 31.2 Å². The summed E-state index contributed by atoms with van der Waals surface area (Å²) in [4.78, 5) is 38.2. The molecule has 11 nitrogen and oxygen atoms in total. The van der Waals surface area contributed by atoms with Crippen molar-refractivity contribution in [1.29, 1.82) is 0 Å². The average Bonchev–Trinajstić information content (AvgIpc) is 2.92. The second kappa shape index (κ2) is 16.4. The van der Waals surface area contributed by atoms with Crippen LogP contribution < -0.4 is 5.32 Å². The second-order valence-corrected chi connectivity index (χ2v) is 9.55. The number of aliphatic hydroxyl groups is 3. The van der Waals surface area contributed by atoms with Crippen molar-refractivity contribution >= 4 is 17.8 Å². The summed E-state index contributed by atoms with van der Waals surface area (Å²) in [7, 11) is 2.57. The van der Waals surface area contributed by atoms with E-state index in [1.54, 1.807) is 4.90 Å². The van der Waals surface area contributed by atoms with Gasteiger partial charge >= 0.3 is 5.97 Å². The molecule has 1 fully saturated rings. The summed E-state index contributed by atoms with van der Waals surface area (Å²) in [6, 6.07) is 9.28. The van der Waals surface area contributed by atoms with Crippen molar-refractivity contribution in [1.82, 2.24) is 10.2 Å². The quantitative estimate of drug-likeness (QED) is 0.185. The van der Waals surface area contributed by atoms with E-state index in [2.05, 4.69) is 22.2 Å². The molecule has 1 heterocycles. The second-order valence-electron chi connectivity index (χ2n) is 9.55. The summed E-state index contributed by atoms with van der Waals surface area (Å²) in [5.74, 6) is -1.000. The monoisotopic (exact) mass is 538 g/mol. The predicted molar refractivity (Wildman–Crippen MR) is 138 cm³/mol. The van der Waals surface area contributed by atoms with Crippen LogP contribution in [0.25, 0.3) is 0 Å². The SMILES string of the molecule is COC(=O)[C@H](C)NC(=O)CCCCC(=O)N(CCCCc1ccccc1)C[C@H]1O[C@H](OC)[C@H](O)[C@@H](O)[C@@H]1O. The molecule has 0 saturated carbocycles. The first-order valence-corrected chi connectivity index (χ1v) is 13.1. The van der Waals surface area contributed by atoms with E-state index in [0.29, 0.717) is 19.4 Å². The third-order valence-electron chi connectivity index (χ3n) is 6.62. The van der Waals surface area contributed by atoms with Crippen LogP contribution in [0.15, 0.2) is 30.3 Å². The van der Waals surface area contributed by atoms with E-state index < -0.39 is 42.7 Å². The number of nitrogens with zero attached hydrogens (tertiary/aromatic N) is 1. The van der Waals surface area contributed by atoms with Gasteiger partial charge in [0.2, 0.25) is 11.8 Å². The molecule has 0 radical (unpaired) electrons. The molecule has 38 heavy (non-hydrogen) atoms. The number of hydrogen-bond donors (Lipinski definition) is 4. The number of unbranched alkanes of at least 4 members (excludes halogenated alkanes) is 2. The van der Waals surface area contributed by atoms with E-state index in [1.807, 2.05) is 18.2 Å². The van der Waals surface area contributed by atoms with Gasteiger partial charge in [-0.3, -0.25) is 9.59 Å². The van der Waals surface area contributed by atoms with Gasteiger partial charge in [0.1, 0.15) is 30.5 Å². The first-order chi connectivity index (χ1) is 18.2. The number of carbonyl (C=O) groups is 3. The minimum atomic E-state index is -1.47. The highest BCUT2D eigenvalue weighted by Gasteiger charge is 2.44. The Balaban J connectivity index is 1.91. The van der Waals surface area contributed by atoms with Crippen LogP contribution in [0.5, 0.6) is 0 Å². The maximum Gasteiger partial charge on any atom is 0.328 e. The Labute approximate surface area is 224 Å². The number of nitrogens with one attached hydrogen (secondary N) is 1. The number of carbonyl (C=O) groups excluding carboxylic acids is 3. The lowest BCUT2D eigenvalue weighted by Gasteiger charge is -2.41. The van der Waals surface area contributed by atoms with Gasteiger partial charge in [-0.25, -0.2) is 4.79 Å². The molecule has 0 aromatic heterocycles. The summed E-state index contributed by atoms with van der Waals surface area (Å²) in [6.07, 6.45) is -2.66. The molecule has 0 unspecified atom stereocenters. The number of amides is 2. The fraction of sp³-hybridized carbons (Fsp3) is 0.667. The molecular formula is C27H42N2O9. The molecule has 0 spiro atoms. The summed E-state index contributed by atoms with van der Waals surface area (Å²) < 4.78 is 15.3. The topological polar surface area (TPSA) is 155 Å². The zero-order valence-electron chi connectivity index (χ0n) is 22.5. The summed E-state index contributed by atoms with van der Waals surface area (Å²) in [6.45, 7) is 1.98. The van der Waals surface area contributed by atoms with E-state index in [0.717, 1.165) is 19.3 Å². The highest BCUT2D eigenvalue weighted by atomic mass is 16.7.